The normalized spacial score (nSPS) is 11.3. The SMILES string of the molecule is C[C@@H](CC(=O)O)CC(=O)Nc1ccc(C#N)cc1. The van der Waals surface area contributed by atoms with Crippen molar-refractivity contribution in [3.63, 3.8) is 0 Å². The minimum absolute atomic E-state index is 0.0270. The minimum Gasteiger partial charge on any atom is -0.481 e. The maximum absolute atomic E-state index is 11.6. The lowest BCUT2D eigenvalue weighted by molar-refractivity contribution is -0.138. The first-order valence-corrected chi connectivity index (χ1v) is 5.53. The number of nitrogens with zero attached hydrogens (tertiary/aromatic N) is 1. The first-order valence-electron chi connectivity index (χ1n) is 5.53. The van der Waals surface area contributed by atoms with Gasteiger partial charge in [-0.1, -0.05) is 6.92 Å². The number of carbonyl (C=O) groups excluding carboxylic acids is 1. The number of aliphatic carboxylic acids is 1. The van der Waals surface area contributed by atoms with Crippen LogP contribution < -0.4 is 5.32 Å². The minimum atomic E-state index is -0.909. The Balaban J connectivity index is 2.49. The number of hydrogen-bond acceptors (Lipinski definition) is 3. The standard InChI is InChI=1S/C13H14N2O3/c1-9(7-13(17)18)6-12(16)15-11-4-2-10(8-14)3-5-11/h2-5,9H,6-7H2,1H3,(H,15,16)(H,17,18)/t9-/m1/s1. The highest BCUT2D eigenvalue weighted by Crippen LogP contribution is 2.12. The average molecular weight is 246 g/mol. The summed E-state index contributed by atoms with van der Waals surface area (Å²) in [6.45, 7) is 1.71. The Morgan fingerprint density at radius 3 is 2.44 bits per heavy atom. The lowest BCUT2D eigenvalue weighted by Gasteiger charge is -2.09. The van der Waals surface area contributed by atoms with Gasteiger partial charge < -0.3 is 10.4 Å². The van der Waals surface area contributed by atoms with E-state index in [0.717, 1.165) is 0 Å². The Bertz CT molecular complexity index is 474. The molecule has 94 valence electrons. The molecule has 0 saturated carbocycles. The fourth-order valence-electron chi connectivity index (χ4n) is 1.53. The van der Waals surface area contributed by atoms with E-state index in [9.17, 15) is 9.59 Å². The van der Waals surface area contributed by atoms with E-state index in [0.29, 0.717) is 11.3 Å². The van der Waals surface area contributed by atoms with Crippen molar-refractivity contribution in [2.45, 2.75) is 19.8 Å². The topological polar surface area (TPSA) is 90.2 Å². The number of anilines is 1. The van der Waals surface area contributed by atoms with E-state index in [1.807, 2.05) is 6.07 Å². The molecule has 0 aliphatic heterocycles. The molecule has 1 aromatic rings. The summed E-state index contributed by atoms with van der Waals surface area (Å²) in [6.07, 6.45) is 0.132. The summed E-state index contributed by atoms with van der Waals surface area (Å²) in [4.78, 5) is 22.0. The van der Waals surface area contributed by atoms with Gasteiger partial charge in [-0.05, 0) is 30.2 Å². The van der Waals surface area contributed by atoms with Gasteiger partial charge in [0.15, 0.2) is 0 Å². The molecule has 0 bridgehead atoms. The monoisotopic (exact) mass is 246 g/mol. The number of carboxylic acids is 1. The summed E-state index contributed by atoms with van der Waals surface area (Å²) in [5.41, 5.74) is 1.12. The van der Waals surface area contributed by atoms with E-state index >= 15 is 0 Å². The van der Waals surface area contributed by atoms with Crippen LogP contribution in [-0.4, -0.2) is 17.0 Å². The molecule has 0 saturated heterocycles. The smallest absolute Gasteiger partial charge is 0.303 e. The Morgan fingerprint density at radius 2 is 1.94 bits per heavy atom. The first-order chi connectivity index (χ1) is 8.51. The highest BCUT2D eigenvalue weighted by atomic mass is 16.4. The molecule has 0 aromatic heterocycles. The number of carboxylic acid groups (broad SMARTS) is 1. The second-order valence-electron chi connectivity index (χ2n) is 4.14. The van der Waals surface area contributed by atoms with Crippen LogP contribution in [0.3, 0.4) is 0 Å². The molecule has 5 heteroatoms. The zero-order valence-electron chi connectivity index (χ0n) is 10.0. The van der Waals surface area contributed by atoms with Crippen LogP contribution in [0.2, 0.25) is 0 Å². The van der Waals surface area contributed by atoms with Crippen LogP contribution in [0.15, 0.2) is 24.3 Å². The number of nitriles is 1. The molecule has 0 spiro atoms. The predicted octanol–water partition coefficient (Wildman–Crippen LogP) is 2.00. The van der Waals surface area contributed by atoms with Gasteiger partial charge in [0.05, 0.1) is 11.6 Å². The third kappa shape index (κ3) is 4.66. The second kappa shape index (κ2) is 6.40. The molecular weight excluding hydrogens is 232 g/mol. The van der Waals surface area contributed by atoms with Gasteiger partial charge in [0.2, 0.25) is 5.91 Å². The van der Waals surface area contributed by atoms with Gasteiger partial charge in [-0.25, -0.2) is 0 Å². The number of rotatable bonds is 5. The van der Waals surface area contributed by atoms with Crippen LogP contribution >= 0.6 is 0 Å². The van der Waals surface area contributed by atoms with Crippen molar-refractivity contribution in [2.75, 3.05) is 5.32 Å². The highest BCUT2D eigenvalue weighted by molar-refractivity contribution is 5.91. The fraction of sp³-hybridized carbons (Fsp3) is 0.308. The molecule has 5 nitrogen and oxygen atoms in total. The van der Waals surface area contributed by atoms with Crippen molar-refractivity contribution in [1.29, 1.82) is 5.26 Å². The van der Waals surface area contributed by atoms with Crippen molar-refractivity contribution in [3.8, 4) is 6.07 Å². The van der Waals surface area contributed by atoms with Crippen molar-refractivity contribution in [2.24, 2.45) is 5.92 Å². The summed E-state index contributed by atoms with van der Waals surface area (Å²) in [5, 5.41) is 19.9. The molecule has 0 fully saturated rings. The van der Waals surface area contributed by atoms with E-state index in [2.05, 4.69) is 5.32 Å². The molecule has 18 heavy (non-hydrogen) atoms. The maximum Gasteiger partial charge on any atom is 0.303 e. The Morgan fingerprint density at radius 1 is 1.33 bits per heavy atom. The Kier molecular flexibility index (Phi) is 4.88. The van der Waals surface area contributed by atoms with Crippen molar-refractivity contribution >= 4 is 17.6 Å². The summed E-state index contributed by atoms with van der Waals surface area (Å²) in [5.74, 6) is -1.34. The maximum atomic E-state index is 11.6. The van der Waals surface area contributed by atoms with E-state index in [1.165, 1.54) is 0 Å². The van der Waals surface area contributed by atoms with Gasteiger partial charge in [0.1, 0.15) is 0 Å². The van der Waals surface area contributed by atoms with Crippen LogP contribution in [0.4, 0.5) is 5.69 Å². The third-order valence-electron chi connectivity index (χ3n) is 2.35. The summed E-state index contributed by atoms with van der Waals surface area (Å²) < 4.78 is 0. The molecular formula is C13H14N2O3. The Hall–Kier alpha value is -2.35. The van der Waals surface area contributed by atoms with Crippen LogP contribution in [0.1, 0.15) is 25.3 Å². The lowest BCUT2D eigenvalue weighted by atomic mass is 10.0. The summed E-state index contributed by atoms with van der Waals surface area (Å²) in [7, 11) is 0. The van der Waals surface area contributed by atoms with Crippen LogP contribution in [-0.2, 0) is 9.59 Å². The van der Waals surface area contributed by atoms with Gasteiger partial charge in [-0.15, -0.1) is 0 Å². The number of nitrogens with one attached hydrogen (secondary N) is 1. The predicted molar refractivity (Wildman–Crippen MR) is 65.8 cm³/mol. The molecule has 2 N–H and O–H groups in total. The van der Waals surface area contributed by atoms with E-state index in [-0.39, 0.29) is 24.7 Å². The van der Waals surface area contributed by atoms with Crippen LogP contribution in [0.5, 0.6) is 0 Å². The molecule has 1 rings (SSSR count). The molecule has 1 atom stereocenters. The fourth-order valence-corrected chi connectivity index (χ4v) is 1.53. The van der Waals surface area contributed by atoms with Crippen LogP contribution in [0.25, 0.3) is 0 Å². The first kappa shape index (κ1) is 13.7. The van der Waals surface area contributed by atoms with Crippen molar-refractivity contribution in [1.82, 2.24) is 0 Å². The van der Waals surface area contributed by atoms with Crippen LogP contribution in [0, 0.1) is 17.2 Å². The van der Waals surface area contributed by atoms with Gasteiger partial charge in [-0.2, -0.15) is 5.26 Å². The third-order valence-corrected chi connectivity index (χ3v) is 2.35. The van der Waals surface area contributed by atoms with Crippen molar-refractivity contribution in [3.05, 3.63) is 29.8 Å². The van der Waals surface area contributed by atoms with Gasteiger partial charge >= 0.3 is 5.97 Å². The average Bonchev–Trinajstić information content (AvgIpc) is 2.28. The molecule has 1 aromatic carbocycles. The summed E-state index contributed by atoms with van der Waals surface area (Å²) >= 11 is 0. The molecule has 0 heterocycles. The largest absolute Gasteiger partial charge is 0.481 e. The van der Waals surface area contributed by atoms with Crippen molar-refractivity contribution < 1.29 is 14.7 Å². The molecule has 0 aliphatic carbocycles. The van der Waals surface area contributed by atoms with E-state index < -0.39 is 5.97 Å². The molecule has 0 aliphatic rings. The quantitative estimate of drug-likeness (QED) is 0.831. The number of hydrogen-bond donors (Lipinski definition) is 2. The van der Waals surface area contributed by atoms with E-state index in [1.54, 1.807) is 31.2 Å². The Labute approximate surface area is 105 Å². The van der Waals surface area contributed by atoms with Gasteiger partial charge in [-0.3, -0.25) is 9.59 Å². The highest BCUT2D eigenvalue weighted by Gasteiger charge is 2.12. The number of benzene rings is 1. The zero-order chi connectivity index (χ0) is 13.5. The number of amides is 1. The molecule has 1 amide bonds. The van der Waals surface area contributed by atoms with E-state index in [4.69, 9.17) is 10.4 Å². The molecule has 0 unspecified atom stereocenters. The summed E-state index contributed by atoms with van der Waals surface area (Å²) in [6, 6.07) is 8.47. The van der Waals surface area contributed by atoms with Gasteiger partial charge in [0, 0.05) is 18.5 Å². The van der Waals surface area contributed by atoms with Gasteiger partial charge in [0.25, 0.3) is 0 Å². The second-order valence-corrected chi connectivity index (χ2v) is 4.14. The lowest BCUT2D eigenvalue weighted by Crippen LogP contribution is -2.16. The number of carbonyl (C=O) groups is 2. The zero-order valence-corrected chi connectivity index (χ0v) is 10.0. The molecule has 0 radical (unpaired) electrons.